The first-order chi connectivity index (χ1) is 10.1. The van der Waals surface area contributed by atoms with Gasteiger partial charge in [0.2, 0.25) is 0 Å². The molecule has 0 aliphatic carbocycles. The van der Waals surface area contributed by atoms with Gasteiger partial charge in [0.1, 0.15) is 11.6 Å². The molecule has 1 aromatic carbocycles. The molecule has 0 unspecified atom stereocenters. The SMILES string of the molecule is CCCNc1cc(CCC)nc(-c2ccc(F)c(C)c2)n1. The fourth-order valence-corrected chi connectivity index (χ4v) is 2.14. The number of nitrogens with zero attached hydrogens (tertiary/aromatic N) is 2. The van der Waals surface area contributed by atoms with Gasteiger partial charge in [-0.15, -0.1) is 0 Å². The molecule has 1 N–H and O–H groups in total. The Labute approximate surface area is 125 Å². The molecule has 3 nitrogen and oxygen atoms in total. The Hall–Kier alpha value is -1.97. The van der Waals surface area contributed by atoms with Crippen molar-refractivity contribution in [3.05, 3.63) is 41.3 Å². The second-order valence-electron chi connectivity index (χ2n) is 5.21. The van der Waals surface area contributed by atoms with Crippen molar-refractivity contribution in [2.75, 3.05) is 11.9 Å². The number of hydrogen-bond donors (Lipinski definition) is 1. The molecule has 0 aliphatic rings. The third kappa shape index (κ3) is 4.00. The molecule has 0 aliphatic heterocycles. The molecule has 0 bridgehead atoms. The zero-order chi connectivity index (χ0) is 15.2. The molecule has 1 aromatic heterocycles. The maximum absolute atomic E-state index is 13.4. The number of benzene rings is 1. The molecule has 0 spiro atoms. The van der Waals surface area contributed by atoms with Gasteiger partial charge < -0.3 is 5.32 Å². The molecule has 2 rings (SSSR count). The van der Waals surface area contributed by atoms with Crippen LogP contribution in [0.25, 0.3) is 11.4 Å². The lowest BCUT2D eigenvalue weighted by Gasteiger charge is -2.10. The van der Waals surface area contributed by atoms with Crippen molar-refractivity contribution >= 4 is 5.82 Å². The number of rotatable bonds is 6. The summed E-state index contributed by atoms with van der Waals surface area (Å²) >= 11 is 0. The van der Waals surface area contributed by atoms with Crippen LogP contribution in [0, 0.1) is 12.7 Å². The summed E-state index contributed by atoms with van der Waals surface area (Å²) in [4.78, 5) is 9.15. The highest BCUT2D eigenvalue weighted by Crippen LogP contribution is 2.21. The van der Waals surface area contributed by atoms with Crippen LogP contribution < -0.4 is 5.32 Å². The van der Waals surface area contributed by atoms with E-state index >= 15 is 0 Å². The highest BCUT2D eigenvalue weighted by molar-refractivity contribution is 5.58. The predicted octanol–water partition coefficient (Wildman–Crippen LogP) is 4.37. The van der Waals surface area contributed by atoms with Crippen LogP contribution in [-0.2, 0) is 6.42 Å². The molecule has 0 fully saturated rings. The maximum atomic E-state index is 13.4. The first-order valence-corrected chi connectivity index (χ1v) is 7.52. The van der Waals surface area contributed by atoms with E-state index in [1.54, 1.807) is 19.1 Å². The summed E-state index contributed by atoms with van der Waals surface area (Å²) < 4.78 is 13.4. The predicted molar refractivity (Wildman–Crippen MR) is 84.9 cm³/mol. The second-order valence-corrected chi connectivity index (χ2v) is 5.21. The molecule has 0 saturated carbocycles. The van der Waals surface area contributed by atoms with E-state index in [1.807, 2.05) is 6.07 Å². The van der Waals surface area contributed by atoms with Crippen LogP contribution >= 0.6 is 0 Å². The van der Waals surface area contributed by atoms with E-state index in [4.69, 9.17) is 0 Å². The number of nitrogens with one attached hydrogen (secondary N) is 1. The quantitative estimate of drug-likeness (QED) is 0.857. The van der Waals surface area contributed by atoms with Gasteiger partial charge >= 0.3 is 0 Å². The number of anilines is 1. The van der Waals surface area contributed by atoms with Gasteiger partial charge in [-0.05, 0) is 43.5 Å². The molecular formula is C17H22FN3. The summed E-state index contributed by atoms with van der Waals surface area (Å²) in [6, 6.07) is 7.00. The summed E-state index contributed by atoms with van der Waals surface area (Å²) in [5.74, 6) is 1.29. The lowest BCUT2D eigenvalue weighted by Crippen LogP contribution is -2.05. The molecule has 112 valence electrons. The van der Waals surface area contributed by atoms with Crippen LogP contribution in [0.4, 0.5) is 10.2 Å². The van der Waals surface area contributed by atoms with E-state index < -0.39 is 0 Å². The van der Waals surface area contributed by atoms with Crippen molar-refractivity contribution in [2.24, 2.45) is 0 Å². The molecule has 4 heteroatoms. The topological polar surface area (TPSA) is 37.8 Å². The summed E-state index contributed by atoms with van der Waals surface area (Å²) in [5.41, 5.74) is 2.48. The Morgan fingerprint density at radius 2 is 1.90 bits per heavy atom. The van der Waals surface area contributed by atoms with Crippen LogP contribution in [0.1, 0.15) is 37.9 Å². The Morgan fingerprint density at radius 3 is 2.57 bits per heavy atom. The van der Waals surface area contributed by atoms with Crippen molar-refractivity contribution in [2.45, 2.75) is 40.0 Å². The molecule has 21 heavy (non-hydrogen) atoms. The standard InChI is InChI=1S/C17H22FN3/c1-4-6-14-11-16(19-9-5-2)21-17(20-14)13-7-8-15(18)12(3)10-13/h7-8,10-11H,4-6,9H2,1-3H3,(H,19,20,21). The van der Waals surface area contributed by atoms with Gasteiger partial charge in [-0.3, -0.25) is 0 Å². The van der Waals surface area contributed by atoms with Crippen molar-refractivity contribution in [3.63, 3.8) is 0 Å². The zero-order valence-corrected chi connectivity index (χ0v) is 12.9. The Bertz CT molecular complexity index is 611. The van der Waals surface area contributed by atoms with Gasteiger partial charge in [-0.1, -0.05) is 20.3 Å². The first kappa shape index (κ1) is 15.4. The molecule has 1 heterocycles. The van der Waals surface area contributed by atoms with Gasteiger partial charge in [-0.2, -0.15) is 0 Å². The van der Waals surface area contributed by atoms with Gasteiger partial charge in [0, 0.05) is 23.9 Å². The minimum atomic E-state index is -0.201. The summed E-state index contributed by atoms with van der Waals surface area (Å²) in [6.07, 6.45) is 2.99. The molecular weight excluding hydrogens is 265 g/mol. The van der Waals surface area contributed by atoms with Crippen LogP contribution in [-0.4, -0.2) is 16.5 Å². The fraction of sp³-hybridized carbons (Fsp3) is 0.412. The summed E-state index contributed by atoms with van der Waals surface area (Å²) in [7, 11) is 0. The average molecular weight is 287 g/mol. The van der Waals surface area contributed by atoms with Crippen molar-refractivity contribution in [3.8, 4) is 11.4 Å². The number of hydrogen-bond acceptors (Lipinski definition) is 3. The summed E-state index contributed by atoms with van der Waals surface area (Å²) in [5, 5.41) is 3.30. The van der Waals surface area contributed by atoms with Crippen LogP contribution in [0.2, 0.25) is 0 Å². The van der Waals surface area contributed by atoms with E-state index in [9.17, 15) is 4.39 Å². The number of halogens is 1. The van der Waals surface area contributed by atoms with E-state index in [0.29, 0.717) is 11.4 Å². The van der Waals surface area contributed by atoms with E-state index in [2.05, 4.69) is 29.1 Å². The van der Waals surface area contributed by atoms with Gasteiger partial charge in [0.25, 0.3) is 0 Å². The molecule has 0 radical (unpaired) electrons. The smallest absolute Gasteiger partial charge is 0.161 e. The number of aromatic nitrogens is 2. The monoisotopic (exact) mass is 287 g/mol. The Morgan fingerprint density at radius 1 is 1.10 bits per heavy atom. The van der Waals surface area contributed by atoms with E-state index in [-0.39, 0.29) is 5.82 Å². The van der Waals surface area contributed by atoms with Gasteiger partial charge in [-0.25, -0.2) is 14.4 Å². The van der Waals surface area contributed by atoms with E-state index in [1.165, 1.54) is 6.07 Å². The fourth-order valence-electron chi connectivity index (χ4n) is 2.14. The second kappa shape index (κ2) is 7.16. The van der Waals surface area contributed by atoms with Crippen molar-refractivity contribution < 1.29 is 4.39 Å². The van der Waals surface area contributed by atoms with Gasteiger partial charge in [0.05, 0.1) is 0 Å². The van der Waals surface area contributed by atoms with E-state index in [0.717, 1.165) is 42.9 Å². The molecule has 0 amide bonds. The van der Waals surface area contributed by atoms with Crippen LogP contribution in [0.3, 0.4) is 0 Å². The minimum absolute atomic E-state index is 0.201. The van der Waals surface area contributed by atoms with Crippen molar-refractivity contribution in [1.29, 1.82) is 0 Å². The van der Waals surface area contributed by atoms with Crippen molar-refractivity contribution in [1.82, 2.24) is 9.97 Å². The lowest BCUT2D eigenvalue weighted by molar-refractivity contribution is 0.618. The Kier molecular flexibility index (Phi) is 5.26. The third-order valence-corrected chi connectivity index (χ3v) is 3.26. The highest BCUT2D eigenvalue weighted by Gasteiger charge is 2.08. The summed E-state index contributed by atoms with van der Waals surface area (Å²) in [6.45, 7) is 6.88. The third-order valence-electron chi connectivity index (χ3n) is 3.26. The molecule has 0 saturated heterocycles. The lowest BCUT2D eigenvalue weighted by atomic mass is 10.1. The number of aryl methyl sites for hydroxylation is 2. The van der Waals surface area contributed by atoms with Crippen LogP contribution in [0.5, 0.6) is 0 Å². The molecule has 2 aromatic rings. The largest absolute Gasteiger partial charge is 0.370 e. The highest BCUT2D eigenvalue weighted by atomic mass is 19.1. The first-order valence-electron chi connectivity index (χ1n) is 7.52. The maximum Gasteiger partial charge on any atom is 0.161 e. The van der Waals surface area contributed by atoms with Crippen LogP contribution in [0.15, 0.2) is 24.3 Å². The Balaban J connectivity index is 2.40. The molecule has 0 atom stereocenters. The zero-order valence-electron chi connectivity index (χ0n) is 12.9. The normalized spacial score (nSPS) is 10.7. The minimum Gasteiger partial charge on any atom is -0.370 e. The van der Waals surface area contributed by atoms with Gasteiger partial charge in [0.15, 0.2) is 5.82 Å². The average Bonchev–Trinajstić information content (AvgIpc) is 2.48.